The highest BCUT2D eigenvalue weighted by Gasteiger charge is 2.30. The number of hydrogen-bond acceptors (Lipinski definition) is 4. The monoisotopic (exact) mass is 351 g/mol. The molecule has 0 saturated carbocycles. The molecule has 1 N–H and O–H groups in total. The molecule has 0 bridgehead atoms. The lowest BCUT2D eigenvalue weighted by Crippen LogP contribution is -2.16. The zero-order valence-corrected chi connectivity index (χ0v) is 13.7. The van der Waals surface area contributed by atoms with Gasteiger partial charge in [0.15, 0.2) is 0 Å². The van der Waals surface area contributed by atoms with Crippen LogP contribution < -0.4 is 10.3 Å². The van der Waals surface area contributed by atoms with Gasteiger partial charge in [-0.3, -0.25) is 4.79 Å². The summed E-state index contributed by atoms with van der Waals surface area (Å²) in [5, 5.41) is 0.608. The number of hydrogen-bond donors (Lipinski definition) is 1. The molecule has 1 aromatic heterocycles. The summed E-state index contributed by atoms with van der Waals surface area (Å²) >= 11 is 12.1. The van der Waals surface area contributed by atoms with Crippen LogP contribution in [0.15, 0.2) is 23.0 Å². The minimum absolute atomic E-state index is 0.0131. The van der Waals surface area contributed by atoms with Crippen LogP contribution in [0.2, 0.25) is 10.0 Å². The summed E-state index contributed by atoms with van der Waals surface area (Å²) in [6, 6.07) is 4.98. The maximum Gasteiger partial charge on any atom is 0.349 e. The van der Waals surface area contributed by atoms with Gasteiger partial charge in [0.25, 0.3) is 5.56 Å². The first kappa shape index (κ1) is 15.6. The number of ether oxygens (including phenoxy) is 2. The molecule has 23 heavy (non-hydrogen) atoms. The van der Waals surface area contributed by atoms with E-state index < -0.39 is 11.5 Å². The molecule has 118 valence electrons. The molecule has 0 aliphatic carbocycles. The fourth-order valence-corrected chi connectivity index (χ4v) is 2.81. The van der Waals surface area contributed by atoms with Crippen LogP contribution in [0, 0.1) is 6.92 Å². The fraction of sp³-hybridized carbons (Fsp3) is 0.125. The number of carbonyl (C=O) groups excluding carboxylic acids is 1. The van der Waals surface area contributed by atoms with E-state index in [-0.39, 0.29) is 16.3 Å². The number of aromatic nitrogens is 1. The van der Waals surface area contributed by atoms with Gasteiger partial charge in [0, 0.05) is 16.8 Å². The molecule has 3 rings (SSSR count). The molecule has 0 amide bonds. The second-order valence-corrected chi connectivity index (χ2v) is 5.74. The van der Waals surface area contributed by atoms with Crippen molar-refractivity contribution < 1.29 is 14.3 Å². The molecule has 7 heteroatoms. The SMILES string of the molecule is COc1c(/C=C2\OC(=O)c3c2cc(C)[nH]c3=O)ccc(Cl)c1Cl. The summed E-state index contributed by atoms with van der Waals surface area (Å²) < 4.78 is 10.5. The van der Waals surface area contributed by atoms with Crippen LogP contribution >= 0.6 is 23.2 Å². The highest BCUT2D eigenvalue weighted by molar-refractivity contribution is 6.43. The summed E-state index contributed by atoms with van der Waals surface area (Å²) in [6.07, 6.45) is 1.59. The van der Waals surface area contributed by atoms with Gasteiger partial charge in [0.1, 0.15) is 22.1 Å². The number of rotatable bonds is 2. The van der Waals surface area contributed by atoms with Crippen molar-refractivity contribution in [2.24, 2.45) is 0 Å². The summed E-state index contributed by atoms with van der Waals surface area (Å²) in [4.78, 5) is 26.4. The zero-order chi connectivity index (χ0) is 16.7. The molecule has 0 unspecified atom stereocenters. The lowest BCUT2D eigenvalue weighted by molar-refractivity contribution is 0.0715. The number of halogens is 2. The topological polar surface area (TPSA) is 68.4 Å². The molecular weight excluding hydrogens is 341 g/mol. The number of methoxy groups -OCH3 is 1. The number of esters is 1. The maximum absolute atomic E-state index is 11.9. The van der Waals surface area contributed by atoms with Crippen molar-refractivity contribution in [3.8, 4) is 5.75 Å². The molecule has 0 saturated heterocycles. The average molecular weight is 352 g/mol. The van der Waals surface area contributed by atoms with Crippen LogP contribution in [0.3, 0.4) is 0 Å². The third kappa shape index (κ3) is 2.62. The van der Waals surface area contributed by atoms with Gasteiger partial charge in [-0.1, -0.05) is 23.2 Å². The smallest absolute Gasteiger partial charge is 0.349 e. The fourth-order valence-electron chi connectivity index (χ4n) is 2.41. The Morgan fingerprint density at radius 1 is 1.26 bits per heavy atom. The Balaban J connectivity index is 2.20. The van der Waals surface area contributed by atoms with E-state index >= 15 is 0 Å². The Hall–Kier alpha value is -2.24. The molecule has 1 aliphatic rings. The molecule has 5 nitrogen and oxygen atoms in total. The van der Waals surface area contributed by atoms with Gasteiger partial charge >= 0.3 is 5.97 Å². The van der Waals surface area contributed by atoms with E-state index in [9.17, 15) is 9.59 Å². The van der Waals surface area contributed by atoms with E-state index in [2.05, 4.69) is 4.98 Å². The molecular formula is C16H11Cl2NO4. The number of pyridine rings is 1. The molecule has 0 fully saturated rings. The highest BCUT2D eigenvalue weighted by Crippen LogP contribution is 2.38. The molecule has 2 heterocycles. The Bertz CT molecular complexity index is 915. The normalized spacial score (nSPS) is 14.8. The van der Waals surface area contributed by atoms with Crippen LogP contribution in [0.5, 0.6) is 5.75 Å². The average Bonchev–Trinajstić information content (AvgIpc) is 2.79. The number of aromatic amines is 1. The van der Waals surface area contributed by atoms with Crippen molar-refractivity contribution in [1.82, 2.24) is 4.98 Å². The van der Waals surface area contributed by atoms with Crippen LogP contribution in [-0.4, -0.2) is 18.1 Å². The Kier molecular flexibility index (Phi) is 3.92. The third-order valence-electron chi connectivity index (χ3n) is 3.41. The van der Waals surface area contributed by atoms with Crippen molar-refractivity contribution in [2.45, 2.75) is 6.92 Å². The zero-order valence-electron chi connectivity index (χ0n) is 12.2. The number of nitrogens with one attached hydrogen (secondary N) is 1. The summed E-state index contributed by atoms with van der Waals surface area (Å²) in [5.41, 5.74) is 1.15. The highest BCUT2D eigenvalue weighted by atomic mass is 35.5. The Morgan fingerprint density at radius 2 is 2.00 bits per heavy atom. The first-order valence-electron chi connectivity index (χ1n) is 6.62. The van der Waals surface area contributed by atoms with Gasteiger partial charge in [-0.15, -0.1) is 0 Å². The quantitative estimate of drug-likeness (QED) is 0.838. The van der Waals surface area contributed by atoms with E-state index in [1.807, 2.05) is 0 Å². The van der Waals surface area contributed by atoms with E-state index in [0.717, 1.165) is 0 Å². The maximum atomic E-state index is 11.9. The van der Waals surface area contributed by atoms with Crippen LogP contribution in [-0.2, 0) is 4.74 Å². The van der Waals surface area contributed by atoms with Crippen molar-refractivity contribution in [3.63, 3.8) is 0 Å². The first-order chi connectivity index (χ1) is 10.9. The van der Waals surface area contributed by atoms with Crippen molar-refractivity contribution in [1.29, 1.82) is 0 Å². The van der Waals surface area contributed by atoms with E-state index in [4.69, 9.17) is 32.7 Å². The number of cyclic esters (lactones) is 1. The predicted octanol–water partition coefficient (Wildman–Crippen LogP) is 3.67. The molecule has 0 atom stereocenters. The van der Waals surface area contributed by atoms with Gasteiger partial charge in [0.2, 0.25) is 0 Å². The summed E-state index contributed by atoms with van der Waals surface area (Å²) in [6.45, 7) is 1.72. The van der Waals surface area contributed by atoms with Crippen molar-refractivity contribution in [2.75, 3.05) is 7.11 Å². The third-order valence-corrected chi connectivity index (χ3v) is 4.20. The van der Waals surface area contributed by atoms with Gasteiger partial charge in [-0.25, -0.2) is 4.79 Å². The first-order valence-corrected chi connectivity index (χ1v) is 7.38. The molecule has 1 aliphatic heterocycles. The van der Waals surface area contributed by atoms with Gasteiger partial charge < -0.3 is 14.5 Å². The van der Waals surface area contributed by atoms with E-state index in [0.29, 0.717) is 27.6 Å². The number of carbonyl (C=O) groups is 1. The summed E-state index contributed by atoms with van der Waals surface area (Å²) in [7, 11) is 1.46. The predicted molar refractivity (Wildman–Crippen MR) is 88.1 cm³/mol. The van der Waals surface area contributed by atoms with Crippen LogP contribution in [0.25, 0.3) is 11.8 Å². The minimum Gasteiger partial charge on any atom is -0.495 e. The second-order valence-electron chi connectivity index (χ2n) is 4.95. The number of H-pyrrole nitrogens is 1. The molecule has 2 aromatic rings. The number of benzene rings is 1. The molecule has 0 spiro atoms. The molecule has 1 aromatic carbocycles. The summed E-state index contributed by atoms with van der Waals surface area (Å²) in [5.74, 6) is -0.0693. The standard InChI is InChI=1S/C16H11Cl2NO4/c1-7-5-9-11(23-16(21)12(9)15(20)19-7)6-8-3-4-10(17)13(18)14(8)22-2/h3-6H,1-2H3,(H,19,20)/b11-6-. The van der Waals surface area contributed by atoms with Crippen LogP contribution in [0.4, 0.5) is 0 Å². The largest absolute Gasteiger partial charge is 0.495 e. The van der Waals surface area contributed by atoms with Gasteiger partial charge in [0.05, 0.1) is 12.1 Å². The minimum atomic E-state index is -0.688. The van der Waals surface area contributed by atoms with Crippen LogP contribution in [0.1, 0.15) is 27.2 Å². The van der Waals surface area contributed by atoms with Gasteiger partial charge in [-0.05, 0) is 31.2 Å². The molecule has 0 radical (unpaired) electrons. The van der Waals surface area contributed by atoms with Gasteiger partial charge in [-0.2, -0.15) is 0 Å². The lowest BCUT2D eigenvalue weighted by Gasteiger charge is -2.09. The van der Waals surface area contributed by atoms with Crippen molar-refractivity contribution in [3.05, 3.63) is 61.0 Å². The number of aryl methyl sites for hydroxylation is 1. The Morgan fingerprint density at radius 3 is 2.70 bits per heavy atom. The second kappa shape index (κ2) is 5.76. The van der Waals surface area contributed by atoms with E-state index in [1.165, 1.54) is 7.11 Å². The van der Waals surface area contributed by atoms with E-state index in [1.54, 1.807) is 31.2 Å². The van der Waals surface area contributed by atoms with Crippen molar-refractivity contribution >= 4 is 41.0 Å². The number of fused-ring (bicyclic) bond motifs is 1. The lowest BCUT2D eigenvalue weighted by atomic mass is 10.1. The Labute approximate surface area is 141 Å².